The van der Waals surface area contributed by atoms with Gasteiger partial charge >= 0.3 is 0 Å². The highest BCUT2D eigenvalue weighted by molar-refractivity contribution is 9.10. The van der Waals surface area contributed by atoms with Gasteiger partial charge in [0.15, 0.2) is 4.60 Å². The van der Waals surface area contributed by atoms with Crippen molar-refractivity contribution in [2.45, 2.75) is 43.7 Å². The number of hydrogen-bond donors (Lipinski definition) is 2. The first-order valence-corrected chi connectivity index (χ1v) is 7.00. The average molecular weight is 318 g/mol. The Morgan fingerprint density at radius 3 is 2.56 bits per heavy atom. The lowest BCUT2D eigenvalue weighted by atomic mass is 9.78. The quantitative estimate of drug-likeness (QED) is 0.649. The lowest BCUT2D eigenvalue weighted by Crippen LogP contribution is -2.50. The van der Waals surface area contributed by atoms with Crippen LogP contribution >= 0.6 is 15.9 Å². The summed E-state index contributed by atoms with van der Waals surface area (Å²) in [6.07, 6.45) is 5.57. The molecule has 1 unspecified atom stereocenters. The van der Waals surface area contributed by atoms with Crippen molar-refractivity contribution in [3.8, 4) is 0 Å². The average Bonchev–Trinajstić information content (AvgIpc) is 2.73. The summed E-state index contributed by atoms with van der Waals surface area (Å²) in [7, 11) is 3.62. The fraction of sp³-hybridized carbons (Fsp3) is 0.818. The van der Waals surface area contributed by atoms with Crippen molar-refractivity contribution in [3.05, 3.63) is 10.3 Å². The van der Waals surface area contributed by atoms with Gasteiger partial charge < -0.3 is 4.74 Å². The third-order valence-corrected chi connectivity index (χ3v) is 4.46. The molecule has 0 radical (unpaired) electrons. The Hall–Kier alpha value is -0.500. The molecule has 2 rings (SSSR count). The monoisotopic (exact) mass is 317 g/mol. The third kappa shape index (κ3) is 2.32. The minimum Gasteiger partial charge on any atom is -0.376 e. The minimum absolute atomic E-state index is 0.114. The molecule has 0 saturated heterocycles. The van der Waals surface area contributed by atoms with Gasteiger partial charge in [0.25, 0.3) is 0 Å². The van der Waals surface area contributed by atoms with Gasteiger partial charge in [0, 0.05) is 14.2 Å². The van der Waals surface area contributed by atoms with Gasteiger partial charge in [0.2, 0.25) is 0 Å². The van der Waals surface area contributed by atoms with E-state index in [4.69, 9.17) is 10.6 Å². The summed E-state index contributed by atoms with van der Waals surface area (Å²) in [6.45, 7) is 0. The molecule has 1 heterocycles. The number of halogens is 1. The SMILES string of the molecule is COC1(C(NN)c2c(Br)nnn2C)CCCCC1. The van der Waals surface area contributed by atoms with Crippen LogP contribution in [-0.4, -0.2) is 27.7 Å². The normalized spacial score (nSPS) is 20.9. The zero-order valence-corrected chi connectivity index (χ0v) is 12.4. The number of rotatable bonds is 4. The maximum absolute atomic E-state index is 5.83. The largest absolute Gasteiger partial charge is 0.376 e. The smallest absolute Gasteiger partial charge is 0.153 e. The number of hydrazine groups is 1. The van der Waals surface area contributed by atoms with Crippen molar-refractivity contribution in [2.24, 2.45) is 12.9 Å². The van der Waals surface area contributed by atoms with E-state index in [1.165, 1.54) is 6.42 Å². The second kappa shape index (κ2) is 5.64. The Kier molecular flexibility index (Phi) is 4.37. The molecular formula is C11H20BrN5O. The first kappa shape index (κ1) is 13.9. The summed E-state index contributed by atoms with van der Waals surface area (Å²) in [5, 5.41) is 8.04. The lowest BCUT2D eigenvalue weighted by Gasteiger charge is -2.42. The second-order valence-corrected chi connectivity index (χ2v) is 5.57. The molecule has 3 N–H and O–H groups in total. The predicted molar refractivity (Wildman–Crippen MR) is 71.6 cm³/mol. The summed E-state index contributed by atoms with van der Waals surface area (Å²) < 4.78 is 8.29. The highest BCUT2D eigenvalue weighted by Gasteiger charge is 2.43. The van der Waals surface area contributed by atoms with Gasteiger partial charge in [-0.1, -0.05) is 24.5 Å². The summed E-state index contributed by atoms with van der Waals surface area (Å²) >= 11 is 3.43. The van der Waals surface area contributed by atoms with Crippen LogP contribution in [0.25, 0.3) is 0 Å². The number of nitrogens with zero attached hydrogens (tertiary/aromatic N) is 3. The van der Waals surface area contributed by atoms with Gasteiger partial charge in [0.1, 0.15) is 0 Å². The number of methoxy groups -OCH3 is 1. The van der Waals surface area contributed by atoms with Gasteiger partial charge in [-0.05, 0) is 28.8 Å². The first-order valence-electron chi connectivity index (χ1n) is 6.21. The van der Waals surface area contributed by atoms with Gasteiger partial charge in [-0.15, -0.1) is 5.10 Å². The molecule has 1 aromatic rings. The maximum atomic E-state index is 5.83. The molecule has 0 bridgehead atoms. The number of aromatic nitrogens is 3. The molecule has 18 heavy (non-hydrogen) atoms. The highest BCUT2D eigenvalue weighted by atomic mass is 79.9. The van der Waals surface area contributed by atoms with E-state index in [1.54, 1.807) is 11.8 Å². The van der Waals surface area contributed by atoms with E-state index in [9.17, 15) is 0 Å². The van der Waals surface area contributed by atoms with E-state index in [0.29, 0.717) is 0 Å². The summed E-state index contributed by atoms with van der Waals surface area (Å²) in [6, 6.07) is -0.114. The van der Waals surface area contributed by atoms with Gasteiger partial charge in [0.05, 0.1) is 17.3 Å². The minimum atomic E-state index is -0.273. The van der Waals surface area contributed by atoms with Crippen LogP contribution in [0, 0.1) is 0 Å². The summed E-state index contributed by atoms with van der Waals surface area (Å²) in [5.74, 6) is 5.77. The standard InChI is InChI=1S/C11H20BrN5O/c1-17-8(10(12)15-16-17)9(14-13)11(18-2)6-4-3-5-7-11/h9,14H,3-7,13H2,1-2H3. The van der Waals surface area contributed by atoms with Crippen molar-refractivity contribution >= 4 is 15.9 Å². The van der Waals surface area contributed by atoms with Crippen LogP contribution in [0.4, 0.5) is 0 Å². The van der Waals surface area contributed by atoms with Gasteiger partial charge in [-0.2, -0.15) is 0 Å². The molecule has 0 amide bonds. The number of ether oxygens (including phenoxy) is 1. The molecular weight excluding hydrogens is 298 g/mol. The number of nitrogens with two attached hydrogens (primary N) is 1. The summed E-state index contributed by atoms with van der Waals surface area (Å²) in [5.41, 5.74) is 3.55. The summed E-state index contributed by atoms with van der Waals surface area (Å²) in [4.78, 5) is 0. The third-order valence-electron chi connectivity index (χ3n) is 3.90. The molecule has 102 valence electrons. The Morgan fingerprint density at radius 1 is 1.44 bits per heavy atom. The van der Waals surface area contributed by atoms with Gasteiger partial charge in [-0.25, -0.2) is 10.1 Å². The Morgan fingerprint density at radius 2 is 2.11 bits per heavy atom. The topological polar surface area (TPSA) is 78.0 Å². The van der Waals surface area contributed by atoms with Crippen molar-refractivity contribution in [3.63, 3.8) is 0 Å². The molecule has 0 spiro atoms. The molecule has 1 aliphatic rings. The molecule has 0 aliphatic heterocycles. The Balaban J connectivity index is 2.37. The van der Waals surface area contributed by atoms with E-state index in [-0.39, 0.29) is 11.6 Å². The Bertz CT molecular complexity index is 383. The fourth-order valence-corrected chi connectivity index (χ4v) is 3.44. The molecule has 7 heteroatoms. The van der Waals surface area contributed by atoms with Crippen molar-refractivity contribution < 1.29 is 4.74 Å². The number of nitrogens with one attached hydrogen (secondary N) is 1. The highest BCUT2D eigenvalue weighted by Crippen LogP contribution is 2.41. The van der Waals surface area contributed by atoms with Crippen LogP contribution in [0.5, 0.6) is 0 Å². The van der Waals surface area contributed by atoms with E-state index in [0.717, 1.165) is 36.0 Å². The first-order chi connectivity index (χ1) is 8.64. The van der Waals surface area contributed by atoms with Crippen molar-refractivity contribution in [2.75, 3.05) is 7.11 Å². The predicted octanol–water partition coefficient (Wildman–Crippen LogP) is 1.43. The van der Waals surface area contributed by atoms with Gasteiger partial charge in [-0.3, -0.25) is 5.84 Å². The molecule has 1 aliphatic carbocycles. The van der Waals surface area contributed by atoms with Crippen LogP contribution in [0.1, 0.15) is 43.8 Å². The van der Waals surface area contributed by atoms with Crippen molar-refractivity contribution in [1.29, 1.82) is 0 Å². The lowest BCUT2D eigenvalue weighted by molar-refractivity contribution is -0.0707. The van der Waals surface area contributed by atoms with E-state index in [2.05, 4.69) is 31.7 Å². The molecule has 6 nitrogen and oxygen atoms in total. The van der Waals surface area contributed by atoms with Crippen molar-refractivity contribution in [1.82, 2.24) is 20.4 Å². The van der Waals surface area contributed by atoms with E-state index < -0.39 is 0 Å². The van der Waals surface area contributed by atoms with Crippen LogP contribution in [0.15, 0.2) is 4.60 Å². The molecule has 1 saturated carbocycles. The maximum Gasteiger partial charge on any atom is 0.153 e. The van der Waals surface area contributed by atoms with Crippen LogP contribution < -0.4 is 11.3 Å². The van der Waals surface area contributed by atoms with Crippen LogP contribution in [0.2, 0.25) is 0 Å². The zero-order valence-electron chi connectivity index (χ0n) is 10.8. The Labute approximate surface area is 115 Å². The molecule has 1 atom stereocenters. The molecule has 1 fully saturated rings. The zero-order chi connectivity index (χ0) is 13.2. The van der Waals surface area contributed by atoms with Crippen LogP contribution in [0.3, 0.4) is 0 Å². The molecule has 0 aromatic carbocycles. The second-order valence-electron chi connectivity index (χ2n) is 4.82. The van der Waals surface area contributed by atoms with E-state index in [1.807, 2.05) is 7.05 Å². The van der Waals surface area contributed by atoms with Crippen LogP contribution in [-0.2, 0) is 11.8 Å². The number of hydrogen-bond acceptors (Lipinski definition) is 5. The van der Waals surface area contributed by atoms with E-state index >= 15 is 0 Å². The fourth-order valence-electron chi connectivity index (χ4n) is 2.89. The molecule has 1 aromatic heterocycles. The number of aryl methyl sites for hydroxylation is 1.